The molecule has 5 nitrogen and oxygen atoms in total. The second kappa shape index (κ2) is 7.89. The SMILES string of the molecule is CC(C)(C)OCc1cc(=O)n2[nH]cc(-c3ccc(Sc4ccccc4)cc3)c2n1. The molecule has 0 fully saturated rings. The molecule has 0 unspecified atom stereocenters. The van der Waals surface area contributed by atoms with Crippen molar-refractivity contribution in [3.8, 4) is 11.1 Å². The monoisotopic (exact) mass is 405 g/mol. The normalized spacial score (nSPS) is 11.8. The molecule has 0 bridgehead atoms. The molecular formula is C23H23N3O2S. The van der Waals surface area contributed by atoms with Crippen LogP contribution in [0.5, 0.6) is 0 Å². The van der Waals surface area contributed by atoms with Crippen LogP contribution in [0.25, 0.3) is 16.8 Å². The van der Waals surface area contributed by atoms with Crippen molar-refractivity contribution >= 4 is 17.4 Å². The zero-order chi connectivity index (χ0) is 20.4. The number of aromatic nitrogens is 3. The third-order valence-electron chi connectivity index (χ3n) is 4.35. The summed E-state index contributed by atoms with van der Waals surface area (Å²) in [7, 11) is 0. The van der Waals surface area contributed by atoms with E-state index in [-0.39, 0.29) is 11.2 Å². The van der Waals surface area contributed by atoms with Gasteiger partial charge >= 0.3 is 0 Å². The Labute approximate surface area is 173 Å². The van der Waals surface area contributed by atoms with Gasteiger partial charge in [0, 0.05) is 27.6 Å². The zero-order valence-corrected chi connectivity index (χ0v) is 17.5. The second-order valence-corrected chi connectivity index (χ2v) is 8.92. The van der Waals surface area contributed by atoms with Crippen LogP contribution in [0.15, 0.2) is 81.4 Å². The summed E-state index contributed by atoms with van der Waals surface area (Å²) in [6, 6.07) is 20.1. The lowest BCUT2D eigenvalue weighted by Gasteiger charge is -2.19. The van der Waals surface area contributed by atoms with Gasteiger partial charge in [0.05, 0.1) is 17.9 Å². The highest BCUT2D eigenvalue weighted by molar-refractivity contribution is 7.99. The first kappa shape index (κ1) is 19.5. The number of benzene rings is 2. The summed E-state index contributed by atoms with van der Waals surface area (Å²) >= 11 is 1.72. The average molecular weight is 406 g/mol. The molecule has 2 aromatic heterocycles. The number of H-pyrrole nitrogens is 1. The quantitative estimate of drug-likeness (QED) is 0.498. The highest BCUT2D eigenvalue weighted by atomic mass is 32.2. The fraction of sp³-hybridized carbons (Fsp3) is 0.217. The third-order valence-corrected chi connectivity index (χ3v) is 5.36. The number of nitrogens with one attached hydrogen (secondary N) is 1. The first-order valence-electron chi connectivity index (χ1n) is 9.46. The molecule has 148 valence electrons. The van der Waals surface area contributed by atoms with E-state index in [1.165, 1.54) is 15.5 Å². The standard InChI is InChI=1S/C23H23N3O2S/c1-23(2,3)28-15-17-13-21(27)26-22(25-17)20(14-24-26)16-9-11-19(12-10-16)29-18-7-5-4-6-8-18/h4-14,24H,15H2,1-3H3. The molecule has 4 aromatic rings. The number of nitrogens with zero attached hydrogens (tertiary/aromatic N) is 2. The number of rotatable bonds is 5. The van der Waals surface area contributed by atoms with Crippen molar-refractivity contribution in [2.24, 2.45) is 0 Å². The third kappa shape index (κ3) is 4.60. The van der Waals surface area contributed by atoms with E-state index in [9.17, 15) is 4.79 Å². The molecule has 0 aliphatic heterocycles. The van der Waals surface area contributed by atoms with Gasteiger partial charge in [-0.2, -0.15) is 0 Å². The van der Waals surface area contributed by atoms with Gasteiger partial charge in [-0.05, 0) is 50.6 Å². The van der Waals surface area contributed by atoms with Crippen LogP contribution < -0.4 is 5.56 Å². The largest absolute Gasteiger partial charge is 0.370 e. The molecule has 1 N–H and O–H groups in total. The minimum absolute atomic E-state index is 0.148. The molecule has 0 spiro atoms. The van der Waals surface area contributed by atoms with Gasteiger partial charge in [0.1, 0.15) is 0 Å². The highest BCUT2D eigenvalue weighted by Gasteiger charge is 2.14. The summed E-state index contributed by atoms with van der Waals surface area (Å²) in [5.41, 5.74) is 2.68. The van der Waals surface area contributed by atoms with Crippen LogP contribution >= 0.6 is 11.8 Å². The summed E-state index contributed by atoms with van der Waals surface area (Å²) in [5.74, 6) is 0. The van der Waals surface area contributed by atoms with Gasteiger partial charge < -0.3 is 4.74 Å². The van der Waals surface area contributed by atoms with Crippen LogP contribution in [-0.2, 0) is 11.3 Å². The van der Waals surface area contributed by atoms with Crippen LogP contribution in [0.1, 0.15) is 26.5 Å². The Hall–Kier alpha value is -2.83. The maximum Gasteiger partial charge on any atom is 0.272 e. The summed E-state index contributed by atoms with van der Waals surface area (Å²) in [5, 5.41) is 3.00. The van der Waals surface area contributed by atoms with Crippen molar-refractivity contribution in [1.82, 2.24) is 14.6 Å². The predicted octanol–water partition coefficient (Wildman–Crippen LogP) is 5.16. The molecule has 0 saturated heterocycles. The van der Waals surface area contributed by atoms with Crippen LogP contribution in [-0.4, -0.2) is 20.2 Å². The van der Waals surface area contributed by atoms with Crippen LogP contribution in [0.4, 0.5) is 0 Å². The number of hydrogen-bond donors (Lipinski definition) is 1. The maximum absolute atomic E-state index is 12.5. The summed E-state index contributed by atoms with van der Waals surface area (Å²) in [4.78, 5) is 19.5. The summed E-state index contributed by atoms with van der Waals surface area (Å²) in [6.07, 6.45) is 1.82. The highest BCUT2D eigenvalue weighted by Crippen LogP contribution is 2.30. The van der Waals surface area contributed by atoms with Crippen molar-refractivity contribution in [2.45, 2.75) is 42.8 Å². The van der Waals surface area contributed by atoms with Gasteiger partial charge in [-0.25, -0.2) is 9.50 Å². The van der Waals surface area contributed by atoms with Crippen LogP contribution in [0, 0.1) is 0 Å². The molecule has 0 saturated carbocycles. The topological polar surface area (TPSA) is 59.4 Å². The smallest absolute Gasteiger partial charge is 0.272 e. The van der Waals surface area contributed by atoms with Gasteiger partial charge in [0.2, 0.25) is 0 Å². The van der Waals surface area contributed by atoms with Crippen molar-refractivity contribution in [2.75, 3.05) is 0 Å². The van der Waals surface area contributed by atoms with Crippen molar-refractivity contribution < 1.29 is 4.74 Å². The van der Waals surface area contributed by atoms with E-state index in [1.807, 2.05) is 45.2 Å². The molecule has 2 aromatic carbocycles. The van der Waals surface area contributed by atoms with Gasteiger partial charge in [-0.15, -0.1) is 0 Å². The van der Waals surface area contributed by atoms with Crippen molar-refractivity contribution in [1.29, 1.82) is 0 Å². The van der Waals surface area contributed by atoms with Gasteiger partial charge in [0.15, 0.2) is 5.65 Å². The molecule has 2 heterocycles. The lowest BCUT2D eigenvalue weighted by molar-refractivity contribution is -0.0164. The first-order chi connectivity index (χ1) is 13.9. The number of fused-ring (bicyclic) bond motifs is 1. The van der Waals surface area contributed by atoms with Crippen molar-refractivity contribution in [3.05, 3.63) is 82.9 Å². The first-order valence-corrected chi connectivity index (χ1v) is 10.3. The molecule has 0 amide bonds. The number of ether oxygens (including phenoxy) is 1. The average Bonchev–Trinajstić information content (AvgIpc) is 3.12. The van der Waals surface area contributed by atoms with Crippen LogP contribution in [0.2, 0.25) is 0 Å². The molecule has 4 rings (SSSR count). The van der Waals surface area contributed by atoms with E-state index >= 15 is 0 Å². The molecule has 0 radical (unpaired) electrons. The Morgan fingerprint density at radius 3 is 2.41 bits per heavy atom. The lowest BCUT2D eigenvalue weighted by Crippen LogP contribution is -2.21. The summed E-state index contributed by atoms with van der Waals surface area (Å²) in [6.45, 7) is 6.24. The predicted molar refractivity (Wildman–Crippen MR) is 116 cm³/mol. The minimum atomic E-state index is -0.292. The molecule has 29 heavy (non-hydrogen) atoms. The molecule has 6 heteroatoms. The number of hydrogen-bond acceptors (Lipinski definition) is 4. The Bertz CT molecular complexity index is 1170. The van der Waals surface area contributed by atoms with Gasteiger partial charge in [0.25, 0.3) is 5.56 Å². The van der Waals surface area contributed by atoms with E-state index in [2.05, 4.69) is 46.5 Å². The van der Waals surface area contributed by atoms with Crippen molar-refractivity contribution in [3.63, 3.8) is 0 Å². The maximum atomic E-state index is 12.5. The van der Waals surface area contributed by atoms with E-state index in [1.54, 1.807) is 11.8 Å². The lowest BCUT2D eigenvalue weighted by atomic mass is 10.1. The van der Waals surface area contributed by atoms with Gasteiger partial charge in [-0.1, -0.05) is 42.1 Å². The molecule has 0 atom stereocenters. The second-order valence-electron chi connectivity index (χ2n) is 7.77. The summed E-state index contributed by atoms with van der Waals surface area (Å²) < 4.78 is 7.25. The van der Waals surface area contributed by atoms with E-state index < -0.39 is 0 Å². The van der Waals surface area contributed by atoms with E-state index in [4.69, 9.17) is 4.74 Å². The zero-order valence-electron chi connectivity index (χ0n) is 16.7. The Balaban J connectivity index is 1.63. The molecule has 0 aliphatic carbocycles. The fourth-order valence-corrected chi connectivity index (χ4v) is 3.77. The van der Waals surface area contributed by atoms with E-state index in [0.29, 0.717) is 17.9 Å². The minimum Gasteiger partial charge on any atom is -0.370 e. The fourth-order valence-electron chi connectivity index (χ4n) is 2.93. The number of aromatic amines is 1. The molecule has 0 aliphatic rings. The Morgan fingerprint density at radius 2 is 1.72 bits per heavy atom. The molecular weight excluding hydrogens is 382 g/mol. The Morgan fingerprint density at radius 1 is 1.03 bits per heavy atom. The van der Waals surface area contributed by atoms with Gasteiger partial charge in [-0.3, -0.25) is 9.89 Å². The Kier molecular flexibility index (Phi) is 5.30. The van der Waals surface area contributed by atoms with Crippen LogP contribution in [0.3, 0.4) is 0 Å². The van der Waals surface area contributed by atoms with E-state index in [0.717, 1.165) is 16.0 Å².